The Bertz CT molecular complexity index is 1850. The zero-order valence-electron chi connectivity index (χ0n) is 30.5. The molecule has 6 heteroatoms. The summed E-state index contributed by atoms with van der Waals surface area (Å²) in [4.78, 5) is 15.8. The summed E-state index contributed by atoms with van der Waals surface area (Å²) in [6, 6.07) is 20.7. The normalized spacial score (nSPS) is 16.2. The van der Waals surface area contributed by atoms with Gasteiger partial charge in [0, 0.05) is 60.5 Å². The van der Waals surface area contributed by atoms with E-state index in [1.807, 2.05) is 48.6 Å². The number of hydrogen-bond acceptors (Lipinski definition) is 5. The van der Waals surface area contributed by atoms with E-state index in [0.717, 1.165) is 35.6 Å². The van der Waals surface area contributed by atoms with Gasteiger partial charge in [-0.3, -0.25) is 4.79 Å². The van der Waals surface area contributed by atoms with Gasteiger partial charge >= 0.3 is 0 Å². The maximum absolute atomic E-state index is 13.6. The lowest BCUT2D eigenvalue weighted by Crippen LogP contribution is -2.39. The van der Waals surface area contributed by atoms with Crippen LogP contribution in [-0.4, -0.2) is 55.1 Å². The molecular formula is C43H50N2O4. The van der Waals surface area contributed by atoms with E-state index in [0.29, 0.717) is 17.7 Å². The van der Waals surface area contributed by atoms with Crippen LogP contribution in [0.25, 0.3) is 5.57 Å². The predicted octanol–water partition coefficient (Wildman–Crippen LogP) is 8.16. The summed E-state index contributed by atoms with van der Waals surface area (Å²) < 4.78 is 13.8. The molecule has 0 spiro atoms. The monoisotopic (exact) mass is 658 g/mol. The third kappa shape index (κ3) is 7.26. The molecule has 0 heterocycles. The molecule has 5 rings (SSSR count). The minimum atomic E-state index is -0.216. The Hall–Kier alpha value is -4.52. The number of hydrogen-bond donors (Lipinski definition) is 0. The molecule has 0 N–H and O–H groups in total. The average molecular weight is 659 g/mol. The molecule has 3 aromatic carbocycles. The number of carbonyl (C=O) groups excluding carboxylic acids is 1. The Morgan fingerprint density at radius 2 is 1.41 bits per heavy atom. The lowest BCUT2D eigenvalue weighted by atomic mass is 9.80. The van der Waals surface area contributed by atoms with E-state index in [1.54, 1.807) is 14.2 Å². The van der Waals surface area contributed by atoms with Crippen LogP contribution in [-0.2, 0) is 14.3 Å². The van der Waals surface area contributed by atoms with Crippen LogP contribution >= 0.6 is 0 Å². The molecule has 6 nitrogen and oxygen atoms in total. The van der Waals surface area contributed by atoms with E-state index >= 15 is 0 Å². The number of methoxy groups -OCH3 is 2. The van der Waals surface area contributed by atoms with Crippen molar-refractivity contribution in [3.8, 4) is 0 Å². The predicted molar refractivity (Wildman–Crippen MR) is 199 cm³/mol. The van der Waals surface area contributed by atoms with Gasteiger partial charge in [-0.15, -0.1) is 0 Å². The molecule has 2 aliphatic rings. The van der Waals surface area contributed by atoms with Gasteiger partial charge in [0.05, 0.1) is 12.1 Å². The number of Topliss-reactive ketones (excluding diaryl/α,β-unsaturated/α-hetero) is 1. The molecule has 0 aliphatic heterocycles. The lowest BCUT2D eigenvalue weighted by Gasteiger charge is -2.37. The Morgan fingerprint density at radius 1 is 0.776 bits per heavy atom. The molecule has 0 radical (unpaired) electrons. The number of benzene rings is 3. The van der Waals surface area contributed by atoms with Crippen molar-refractivity contribution in [3.63, 3.8) is 0 Å². The topological polar surface area (TPSA) is 64.8 Å². The minimum Gasteiger partial charge on any atom is -0.871 e. The molecule has 3 aromatic rings. The van der Waals surface area contributed by atoms with Crippen LogP contribution < -0.4 is 10.0 Å². The largest absolute Gasteiger partial charge is 0.871 e. The van der Waals surface area contributed by atoms with Gasteiger partial charge in [-0.1, -0.05) is 61.1 Å². The smallest absolute Gasteiger partial charge is 0.208 e. The Kier molecular flexibility index (Phi) is 11.2. The van der Waals surface area contributed by atoms with Gasteiger partial charge < -0.3 is 19.5 Å². The maximum atomic E-state index is 13.6. The summed E-state index contributed by atoms with van der Waals surface area (Å²) in [5.74, 6) is -0.431. The van der Waals surface area contributed by atoms with Crippen LogP contribution in [0.4, 0.5) is 17.1 Å². The van der Waals surface area contributed by atoms with E-state index in [2.05, 4.69) is 94.3 Å². The third-order valence-corrected chi connectivity index (χ3v) is 9.89. The summed E-state index contributed by atoms with van der Waals surface area (Å²) in [7, 11) is 3.50. The highest BCUT2D eigenvalue weighted by molar-refractivity contribution is 6.39. The molecule has 0 saturated carbocycles. The SMILES string of the molecule is CCC(C[N+](=C1C=CC(=C2C(=O)C(c3ccc(N(c4ccc(C)cc4C)C(C)C(CC)OC)cc3)=C2[O-])C=C1)c1ccc(C)cc1C)OC. The van der Waals surface area contributed by atoms with Crippen LogP contribution in [0, 0.1) is 27.7 Å². The molecule has 2 aliphatic carbocycles. The number of rotatable bonds is 12. The first-order valence-corrected chi connectivity index (χ1v) is 17.3. The van der Waals surface area contributed by atoms with Crippen LogP contribution in [0.3, 0.4) is 0 Å². The van der Waals surface area contributed by atoms with Gasteiger partial charge in [0.25, 0.3) is 0 Å². The van der Waals surface area contributed by atoms with Gasteiger partial charge in [-0.2, -0.15) is 4.58 Å². The standard InChI is InChI=1S/C43H50N2O4/c1-10-36(48-8)26-44(37-22-12-27(3)24-29(37)5)34-18-14-32(15-19-34)40-42(46)41(43(40)47)33-16-20-35(21-17-33)45(31(7)39(11-2)49-9)38-23-13-28(4)25-30(38)6/h12-25,31,36,39H,10-11,26H2,1-9H3. The molecule has 0 bridgehead atoms. The van der Waals surface area contributed by atoms with Crippen LogP contribution in [0.1, 0.15) is 61.4 Å². The van der Waals surface area contributed by atoms with E-state index < -0.39 is 0 Å². The van der Waals surface area contributed by atoms with Crippen LogP contribution in [0.5, 0.6) is 0 Å². The Labute approximate surface area is 292 Å². The first-order valence-electron chi connectivity index (χ1n) is 17.3. The number of aryl methyl sites for hydroxylation is 4. The number of ketones is 1. The molecule has 256 valence electrons. The number of nitrogens with zero attached hydrogens (tertiary/aromatic N) is 2. The second-order valence-electron chi connectivity index (χ2n) is 13.3. The summed E-state index contributed by atoms with van der Waals surface area (Å²) in [6.45, 7) is 15.5. The van der Waals surface area contributed by atoms with E-state index in [9.17, 15) is 9.90 Å². The summed E-state index contributed by atoms with van der Waals surface area (Å²) in [5.41, 5.74) is 10.7. The van der Waals surface area contributed by atoms with Crippen molar-refractivity contribution >= 4 is 34.1 Å². The van der Waals surface area contributed by atoms with E-state index in [-0.39, 0.29) is 40.9 Å². The molecule has 49 heavy (non-hydrogen) atoms. The fraction of sp³-hybridized carbons (Fsp3) is 0.349. The van der Waals surface area contributed by atoms with Gasteiger partial charge in [0.2, 0.25) is 11.4 Å². The Balaban J connectivity index is 1.46. The average Bonchev–Trinajstić information content (AvgIpc) is 3.09. The fourth-order valence-electron chi connectivity index (χ4n) is 7.08. The van der Waals surface area contributed by atoms with Gasteiger partial charge in [0.15, 0.2) is 12.3 Å². The zero-order valence-corrected chi connectivity index (χ0v) is 30.5. The molecular weight excluding hydrogens is 608 g/mol. The summed E-state index contributed by atoms with van der Waals surface area (Å²) >= 11 is 0. The van der Waals surface area contributed by atoms with Crippen molar-refractivity contribution in [3.05, 3.63) is 130 Å². The summed E-state index contributed by atoms with van der Waals surface area (Å²) in [6.07, 6.45) is 9.57. The molecule has 0 amide bonds. The lowest BCUT2D eigenvalue weighted by molar-refractivity contribution is -0.452. The maximum Gasteiger partial charge on any atom is 0.208 e. The minimum absolute atomic E-state index is 0.0223. The molecule has 0 aromatic heterocycles. The first kappa shape index (κ1) is 35.8. The highest BCUT2D eigenvalue weighted by Crippen LogP contribution is 2.39. The van der Waals surface area contributed by atoms with Crippen molar-refractivity contribution in [1.82, 2.24) is 0 Å². The molecule has 0 saturated heterocycles. The van der Waals surface area contributed by atoms with Crippen LogP contribution in [0.15, 0.2) is 102 Å². The first-order chi connectivity index (χ1) is 23.5. The second-order valence-corrected chi connectivity index (χ2v) is 13.3. The van der Waals surface area contributed by atoms with Gasteiger partial charge in [-0.05, 0) is 101 Å². The number of allylic oxidation sites excluding steroid dienone is 7. The number of anilines is 2. The van der Waals surface area contributed by atoms with Crippen molar-refractivity contribution in [1.29, 1.82) is 0 Å². The van der Waals surface area contributed by atoms with Crippen molar-refractivity contribution in [2.45, 2.75) is 79.6 Å². The zero-order chi connectivity index (χ0) is 35.4. The quantitative estimate of drug-likeness (QED) is 0.145. The Morgan fingerprint density at radius 3 is 1.94 bits per heavy atom. The molecule has 0 fully saturated rings. The highest BCUT2D eigenvalue weighted by atomic mass is 16.5. The highest BCUT2D eigenvalue weighted by Gasteiger charge is 2.32. The number of carbonyl (C=O) groups is 1. The number of ether oxygens (including phenoxy) is 2. The van der Waals surface area contributed by atoms with E-state index in [4.69, 9.17) is 9.47 Å². The third-order valence-electron chi connectivity index (χ3n) is 9.89. The van der Waals surface area contributed by atoms with Crippen LogP contribution in [0.2, 0.25) is 0 Å². The van der Waals surface area contributed by atoms with Gasteiger partial charge in [0.1, 0.15) is 6.10 Å². The van der Waals surface area contributed by atoms with Crippen molar-refractivity contribution in [2.24, 2.45) is 0 Å². The summed E-state index contributed by atoms with van der Waals surface area (Å²) in [5, 5.41) is 13.6. The fourth-order valence-corrected chi connectivity index (χ4v) is 7.08. The molecule has 3 unspecified atom stereocenters. The van der Waals surface area contributed by atoms with Crippen molar-refractivity contribution < 1.29 is 24.0 Å². The van der Waals surface area contributed by atoms with Gasteiger partial charge in [-0.25, -0.2) is 0 Å². The van der Waals surface area contributed by atoms with Crippen molar-refractivity contribution in [2.75, 3.05) is 25.7 Å². The molecule has 3 atom stereocenters. The van der Waals surface area contributed by atoms with E-state index in [1.165, 1.54) is 22.3 Å². The second kappa shape index (κ2) is 15.4.